The van der Waals surface area contributed by atoms with Crippen LogP contribution in [-0.4, -0.2) is 28.2 Å². The second-order valence-electron chi connectivity index (χ2n) is 6.08. The van der Waals surface area contributed by atoms with E-state index in [1.807, 2.05) is 0 Å². The van der Waals surface area contributed by atoms with Gasteiger partial charge in [-0.2, -0.15) is 9.97 Å². The first-order valence-electron chi connectivity index (χ1n) is 8.55. The molecule has 0 amide bonds. The monoisotopic (exact) mass is 347 g/mol. The summed E-state index contributed by atoms with van der Waals surface area (Å²) in [4.78, 5) is 12.6. The summed E-state index contributed by atoms with van der Waals surface area (Å²) in [6, 6.07) is 4.64. The van der Waals surface area contributed by atoms with Crippen molar-refractivity contribution in [3.8, 4) is 23.5 Å². The summed E-state index contributed by atoms with van der Waals surface area (Å²) in [5.74, 6) is 0.407. The van der Waals surface area contributed by atoms with Gasteiger partial charge in [-0.3, -0.25) is 0 Å². The summed E-state index contributed by atoms with van der Waals surface area (Å²) in [5, 5.41) is 0. The summed E-state index contributed by atoms with van der Waals surface area (Å²) in [5.41, 5.74) is 0. The van der Waals surface area contributed by atoms with Crippen LogP contribution in [0, 0.1) is 12.7 Å². The molecule has 134 valence electrons. The minimum Gasteiger partial charge on any atom is -0.494 e. The number of hydrogen-bond acceptors (Lipinski definition) is 6. The molecular formula is C18H22FN3O3. The maximum Gasteiger partial charge on any atom is 0.328 e. The smallest absolute Gasteiger partial charge is 0.328 e. The van der Waals surface area contributed by atoms with Crippen molar-refractivity contribution in [1.82, 2.24) is 15.0 Å². The minimum atomic E-state index is -0.513. The Kier molecular flexibility index (Phi) is 5.63. The molecule has 0 unspecified atom stereocenters. The molecule has 1 heterocycles. The van der Waals surface area contributed by atoms with E-state index in [0.29, 0.717) is 5.82 Å². The zero-order valence-electron chi connectivity index (χ0n) is 14.5. The molecule has 2 aromatic rings. The fourth-order valence-electron chi connectivity index (χ4n) is 2.86. The van der Waals surface area contributed by atoms with Crippen molar-refractivity contribution in [3.63, 3.8) is 0 Å². The first kappa shape index (κ1) is 17.4. The number of nitrogens with zero attached hydrogens (tertiary/aromatic N) is 3. The highest BCUT2D eigenvalue weighted by molar-refractivity contribution is 5.34. The number of halogens is 1. The maximum atomic E-state index is 13.8. The van der Waals surface area contributed by atoms with Crippen LogP contribution in [-0.2, 0) is 0 Å². The van der Waals surface area contributed by atoms with E-state index < -0.39 is 5.82 Å². The lowest BCUT2D eigenvalue weighted by molar-refractivity contribution is 0.165. The predicted molar refractivity (Wildman–Crippen MR) is 89.7 cm³/mol. The number of rotatable bonds is 5. The van der Waals surface area contributed by atoms with Gasteiger partial charge in [0.15, 0.2) is 11.6 Å². The van der Waals surface area contributed by atoms with E-state index in [1.165, 1.54) is 32.1 Å². The van der Waals surface area contributed by atoms with Crippen LogP contribution in [0.1, 0.15) is 44.3 Å². The molecule has 1 aliphatic rings. The molecule has 1 aromatic carbocycles. The topological polar surface area (TPSA) is 66.4 Å². The van der Waals surface area contributed by atoms with Crippen LogP contribution in [0.25, 0.3) is 0 Å². The Morgan fingerprint density at radius 1 is 1.00 bits per heavy atom. The van der Waals surface area contributed by atoms with Crippen molar-refractivity contribution in [2.75, 3.05) is 7.11 Å². The molecule has 0 bridgehead atoms. The second kappa shape index (κ2) is 8.09. The third-order valence-electron chi connectivity index (χ3n) is 4.11. The Morgan fingerprint density at radius 3 is 2.40 bits per heavy atom. The van der Waals surface area contributed by atoms with Gasteiger partial charge in [0.2, 0.25) is 0 Å². The first-order chi connectivity index (χ1) is 12.1. The number of benzene rings is 1. The molecule has 0 spiro atoms. The molecule has 0 atom stereocenters. The summed E-state index contributed by atoms with van der Waals surface area (Å²) in [7, 11) is 1.41. The number of aromatic nitrogens is 3. The highest BCUT2D eigenvalue weighted by Gasteiger charge is 2.17. The van der Waals surface area contributed by atoms with Crippen LogP contribution in [0.3, 0.4) is 0 Å². The van der Waals surface area contributed by atoms with Crippen molar-refractivity contribution in [2.24, 2.45) is 0 Å². The summed E-state index contributed by atoms with van der Waals surface area (Å²) >= 11 is 0. The van der Waals surface area contributed by atoms with Gasteiger partial charge in [0.05, 0.1) is 7.11 Å². The largest absolute Gasteiger partial charge is 0.494 e. The van der Waals surface area contributed by atoms with E-state index in [9.17, 15) is 4.39 Å². The first-order valence-corrected chi connectivity index (χ1v) is 8.55. The van der Waals surface area contributed by atoms with Crippen molar-refractivity contribution < 1.29 is 18.6 Å². The number of methoxy groups -OCH3 is 1. The minimum absolute atomic E-state index is 0.0840. The van der Waals surface area contributed by atoms with Gasteiger partial charge in [-0.1, -0.05) is 12.8 Å². The molecule has 25 heavy (non-hydrogen) atoms. The Morgan fingerprint density at radius 2 is 1.72 bits per heavy atom. The van der Waals surface area contributed by atoms with Gasteiger partial charge >= 0.3 is 12.0 Å². The molecule has 1 aliphatic carbocycles. The molecule has 3 rings (SSSR count). The van der Waals surface area contributed by atoms with E-state index in [4.69, 9.17) is 14.2 Å². The Bertz CT molecular complexity index is 719. The zero-order valence-corrected chi connectivity index (χ0v) is 14.5. The van der Waals surface area contributed by atoms with Crippen molar-refractivity contribution in [1.29, 1.82) is 0 Å². The average Bonchev–Trinajstić information content (AvgIpc) is 2.83. The molecule has 1 fully saturated rings. The Labute approximate surface area is 146 Å². The summed E-state index contributed by atoms with van der Waals surface area (Å²) < 4.78 is 30.1. The maximum absolute atomic E-state index is 13.8. The Balaban J connectivity index is 1.73. The molecule has 0 N–H and O–H groups in total. The molecule has 6 nitrogen and oxygen atoms in total. The van der Waals surface area contributed by atoms with E-state index in [0.717, 1.165) is 25.7 Å². The summed E-state index contributed by atoms with van der Waals surface area (Å²) in [6.07, 6.45) is 6.93. The molecule has 0 saturated heterocycles. The molecule has 1 aromatic heterocycles. The van der Waals surface area contributed by atoms with Crippen molar-refractivity contribution in [3.05, 3.63) is 29.8 Å². The predicted octanol–water partition coefficient (Wildman–Crippen LogP) is 4.22. The van der Waals surface area contributed by atoms with Crippen LogP contribution in [0.5, 0.6) is 23.5 Å². The van der Waals surface area contributed by atoms with Gasteiger partial charge in [-0.05, 0) is 44.7 Å². The van der Waals surface area contributed by atoms with Crippen molar-refractivity contribution >= 4 is 0 Å². The third kappa shape index (κ3) is 4.78. The van der Waals surface area contributed by atoms with Gasteiger partial charge in [0.25, 0.3) is 0 Å². The molecule has 0 aliphatic heterocycles. The normalized spacial score (nSPS) is 15.5. The summed E-state index contributed by atoms with van der Waals surface area (Å²) in [6.45, 7) is 1.74. The van der Waals surface area contributed by atoms with E-state index in [-0.39, 0.29) is 29.6 Å². The standard InChI is InChI=1S/C18H22FN3O3/c1-12-20-17(24-13-7-5-3-4-6-8-13)22-18(21-12)25-14-9-10-16(23-2)15(19)11-14/h9-11,13H,3-8H2,1-2H3. The van der Waals surface area contributed by atoms with E-state index >= 15 is 0 Å². The van der Waals surface area contributed by atoms with Crippen LogP contribution in [0.4, 0.5) is 4.39 Å². The zero-order chi connectivity index (χ0) is 17.6. The van der Waals surface area contributed by atoms with Crippen molar-refractivity contribution in [2.45, 2.75) is 51.6 Å². The van der Waals surface area contributed by atoms with Crippen LogP contribution < -0.4 is 14.2 Å². The van der Waals surface area contributed by atoms with Gasteiger partial charge in [0, 0.05) is 6.07 Å². The fourth-order valence-corrected chi connectivity index (χ4v) is 2.86. The van der Waals surface area contributed by atoms with E-state index in [1.54, 1.807) is 13.0 Å². The molecular weight excluding hydrogens is 325 g/mol. The van der Waals surface area contributed by atoms with Gasteiger partial charge in [-0.15, -0.1) is 4.98 Å². The second-order valence-corrected chi connectivity index (χ2v) is 6.08. The highest BCUT2D eigenvalue weighted by Crippen LogP contribution is 2.26. The average molecular weight is 347 g/mol. The number of hydrogen-bond donors (Lipinski definition) is 0. The van der Waals surface area contributed by atoms with Crippen LogP contribution >= 0.6 is 0 Å². The lowest BCUT2D eigenvalue weighted by atomic mass is 10.2. The quantitative estimate of drug-likeness (QED) is 0.755. The van der Waals surface area contributed by atoms with Crippen LogP contribution in [0.2, 0.25) is 0 Å². The van der Waals surface area contributed by atoms with Gasteiger partial charge < -0.3 is 14.2 Å². The van der Waals surface area contributed by atoms with Crippen LogP contribution in [0.15, 0.2) is 18.2 Å². The van der Waals surface area contributed by atoms with Gasteiger partial charge in [-0.25, -0.2) is 4.39 Å². The van der Waals surface area contributed by atoms with E-state index in [2.05, 4.69) is 15.0 Å². The number of aryl methyl sites for hydroxylation is 1. The molecule has 1 saturated carbocycles. The lowest BCUT2D eigenvalue weighted by Crippen LogP contribution is -2.17. The van der Waals surface area contributed by atoms with Gasteiger partial charge in [0.1, 0.15) is 17.7 Å². The Hall–Kier alpha value is -2.44. The number of ether oxygens (including phenoxy) is 3. The fraction of sp³-hybridized carbons (Fsp3) is 0.500. The SMILES string of the molecule is COc1ccc(Oc2nc(C)nc(OC3CCCCCC3)n2)cc1F. The molecule has 0 radical (unpaired) electrons. The molecule has 7 heteroatoms. The third-order valence-corrected chi connectivity index (χ3v) is 4.11. The lowest BCUT2D eigenvalue weighted by Gasteiger charge is -2.15. The highest BCUT2D eigenvalue weighted by atomic mass is 19.1.